The number of non-ortho nitro benzene ring substituents is 1. The minimum absolute atomic E-state index is 0.0287. The molecule has 3 aliphatic rings. The zero-order chi connectivity index (χ0) is 17.3. The molecular formula is C18H15N3O4. The van der Waals surface area contributed by atoms with Gasteiger partial charge in [-0.2, -0.15) is 0 Å². The first-order valence-corrected chi connectivity index (χ1v) is 8.40. The number of urea groups is 1. The third-order valence-electron chi connectivity index (χ3n) is 5.79. The number of imide groups is 1. The zero-order valence-corrected chi connectivity index (χ0v) is 13.3. The van der Waals surface area contributed by atoms with Crippen molar-refractivity contribution < 1.29 is 14.5 Å². The van der Waals surface area contributed by atoms with Crippen molar-refractivity contribution in [1.29, 1.82) is 0 Å². The Hall–Kier alpha value is -2.96. The average molecular weight is 337 g/mol. The van der Waals surface area contributed by atoms with Crippen LogP contribution in [0.15, 0.2) is 36.4 Å². The van der Waals surface area contributed by atoms with Crippen LogP contribution in [0.1, 0.15) is 19.3 Å². The summed E-state index contributed by atoms with van der Waals surface area (Å²) in [6.45, 7) is 0. The molecule has 3 amide bonds. The van der Waals surface area contributed by atoms with Crippen LogP contribution >= 0.6 is 0 Å². The Labute approximate surface area is 143 Å². The smallest absolute Gasteiger partial charge is 0.309 e. The van der Waals surface area contributed by atoms with E-state index in [-0.39, 0.29) is 35.6 Å². The van der Waals surface area contributed by atoms with E-state index in [0.29, 0.717) is 16.5 Å². The van der Waals surface area contributed by atoms with Gasteiger partial charge >= 0.3 is 6.03 Å². The van der Waals surface area contributed by atoms with Crippen molar-refractivity contribution >= 4 is 34.1 Å². The number of benzene rings is 2. The van der Waals surface area contributed by atoms with Crippen molar-refractivity contribution in [2.75, 3.05) is 4.90 Å². The minimum atomic E-state index is -0.446. The molecule has 2 heterocycles. The van der Waals surface area contributed by atoms with Crippen LogP contribution < -0.4 is 4.90 Å². The van der Waals surface area contributed by atoms with Crippen LogP contribution in [0, 0.1) is 16.0 Å². The molecule has 0 N–H and O–H groups in total. The predicted molar refractivity (Wildman–Crippen MR) is 90.2 cm³/mol. The maximum absolute atomic E-state index is 13.0. The monoisotopic (exact) mass is 337 g/mol. The number of piperidine rings is 1. The maximum Gasteiger partial charge on any atom is 0.332 e. The van der Waals surface area contributed by atoms with Crippen LogP contribution in [-0.2, 0) is 4.79 Å². The first-order chi connectivity index (χ1) is 12.1. The highest BCUT2D eigenvalue weighted by molar-refractivity contribution is 6.25. The first kappa shape index (κ1) is 14.4. The van der Waals surface area contributed by atoms with Crippen LogP contribution in [0.4, 0.5) is 16.2 Å². The number of nitro groups is 1. The second kappa shape index (κ2) is 4.78. The highest BCUT2D eigenvalue weighted by Gasteiger charge is 2.59. The molecule has 25 heavy (non-hydrogen) atoms. The largest absolute Gasteiger partial charge is 0.332 e. The molecule has 3 atom stereocenters. The summed E-state index contributed by atoms with van der Waals surface area (Å²) in [5.41, 5.74) is 0.406. The van der Waals surface area contributed by atoms with Crippen molar-refractivity contribution in [2.45, 2.75) is 31.3 Å². The summed E-state index contributed by atoms with van der Waals surface area (Å²) < 4.78 is 0. The molecular weight excluding hydrogens is 322 g/mol. The lowest BCUT2D eigenvalue weighted by Crippen LogP contribution is -2.40. The van der Waals surface area contributed by atoms with E-state index in [1.165, 1.54) is 17.0 Å². The predicted octanol–water partition coefficient (Wildman–Crippen LogP) is 3.07. The van der Waals surface area contributed by atoms with E-state index in [1.54, 1.807) is 29.2 Å². The SMILES string of the molecule is O=C1C2C3CC[C@@H](C3)N2C(=O)N1c1ccc([N+](=O)[O-])c2ccccc12. The summed E-state index contributed by atoms with van der Waals surface area (Å²) >= 11 is 0. The molecule has 3 fully saturated rings. The fourth-order valence-electron chi connectivity index (χ4n) is 4.77. The Bertz CT molecular complexity index is 928. The quantitative estimate of drug-likeness (QED) is 0.479. The Morgan fingerprint density at radius 3 is 2.52 bits per heavy atom. The molecule has 7 nitrogen and oxygen atoms in total. The van der Waals surface area contributed by atoms with Crippen molar-refractivity contribution in [1.82, 2.24) is 4.90 Å². The van der Waals surface area contributed by atoms with Crippen molar-refractivity contribution in [2.24, 2.45) is 5.92 Å². The van der Waals surface area contributed by atoms with Gasteiger partial charge < -0.3 is 4.90 Å². The molecule has 2 unspecified atom stereocenters. The summed E-state index contributed by atoms with van der Waals surface area (Å²) in [7, 11) is 0. The van der Waals surface area contributed by atoms with Gasteiger partial charge in [0, 0.05) is 17.5 Å². The van der Waals surface area contributed by atoms with E-state index < -0.39 is 4.92 Å². The molecule has 2 saturated heterocycles. The number of carbonyl (C=O) groups excluding carboxylic acids is 2. The molecule has 0 spiro atoms. The minimum Gasteiger partial charge on any atom is -0.309 e. The number of nitrogens with zero attached hydrogens (tertiary/aromatic N) is 3. The lowest BCUT2D eigenvalue weighted by Gasteiger charge is -2.25. The van der Waals surface area contributed by atoms with Gasteiger partial charge in [0.05, 0.1) is 16.0 Å². The number of amides is 3. The van der Waals surface area contributed by atoms with Gasteiger partial charge in [-0.25, -0.2) is 9.69 Å². The number of hydrogen-bond donors (Lipinski definition) is 0. The van der Waals surface area contributed by atoms with Gasteiger partial charge in [-0.15, -0.1) is 0 Å². The van der Waals surface area contributed by atoms with Gasteiger partial charge in [0.15, 0.2) is 0 Å². The summed E-state index contributed by atoms with van der Waals surface area (Å²) in [6.07, 6.45) is 2.85. The Balaban J connectivity index is 1.67. The molecule has 2 aliphatic heterocycles. The molecule has 2 aromatic rings. The Kier molecular flexibility index (Phi) is 2.75. The number of hydrogen-bond acceptors (Lipinski definition) is 4. The van der Waals surface area contributed by atoms with Crippen molar-refractivity contribution in [3.8, 4) is 0 Å². The lowest BCUT2D eigenvalue weighted by atomic mass is 9.99. The molecule has 1 saturated carbocycles. The zero-order valence-electron chi connectivity index (χ0n) is 13.3. The van der Waals surface area contributed by atoms with Gasteiger partial charge in [0.25, 0.3) is 11.6 Å². The normalized spacial score (nSPS) is 27.4. The van der Waals surface area contributed by atoms with Crippen LogP contribution in [0.2, 0.25) is 0 Å². The number of nitro benzene ring substituents is 1. The molecule has 1 aliphatic carbocycles. The Morgan fingerprint density at radius 1 is 1.04 bits per heavy atom. The van der Waals surface area contributed by atoms with E-state index in [0.717, 1.165) is 19.3 Å². The second-order valence-electron chi connectivity index (χ2n) is 6.94. The van der Waals surface area contributed by atoms with Gasteiger partial charge in [0.1, 0.15) is 6.04 Å². The second-order valence-corrected chi connectivity index (χ2v) is 6.94. The summed E-state index contributed by atoms with van der Waals surface area (Å²) in [4.78, 5) is 39.7. The summed E-state index contributed by atoms with van der Waals surface area (Å²) in [6, 6.07) is 9.22. The van der Waals surface area contributed by atoms with Crippen LogP contribution in [0.5, 0.6) is 0 Å². The number of fused-ring (bicyclic) bond motifs is 6. The highest BCUT2D eigenvalue weighted by Crippen LogP contribution is 2.48. The fraction of sp³-hybridized carbons (Fsp3) is 0.333. The van der Waals surface area contributed by atoms with Crippen LogP contribution in [-0.4, -0.2) is 33.8 Å². The fourth-order valence-corrected chi connectivity index (χ4v) is 4.77. The van der Waals surface area contributed by atoms with Crippen molar-refractivity contribution in [3.63, 3.8) is 0 Å². The highest BCUT2D eigenvalue weighted by atomic mass is 16.6. The number of carbonyl (C=O) groups is 2. The van der Waals surface area contributed by atoms with E-state index >= 15 is 0 Å². The number of anilines is 1. The maximum atomic E-state index is 13.0. The van der Waals surface area contributed by atoms with E-state index in [1.807, 2.05) is 0 Å². The van der Waals surface area contributed by atoms with Crippen LogP contribution in [0.25, 0.3) is 10.8 Å². The first-order valence-electron chi connectivity index (χ1n) is 8.40. The average Bonchev–Trinajstić information content (AvgIpc) is 3.28. The molecule has 126 valence electrons. The van der Waals surface area contributed by atoms with E-state index in [2.05, 4.69) is 0 Å². The molecule has 2 aromatic carbocycles. The van der Waals surface area contributed by atoms with Gasteiger partial charge in [-0.3, -0.25) is 14.9 Å². The van der Waals surface area contributed by atoms with Gasteiger partial charge in [-0.1, -0.05) is 18.2 Å². The molecule has 2 bridgehead atoms. The molecule has 5 rings (SSSR count). The number of rotatable bonds is 2. The third kappa shape index (κ3) is 1.75. The molecule has 0 radical (unpaired) electrons. The molecule has 0 aromatic heterocycles. The topological polar surface area (TPSA) is 83.8 Å². The van der Waals surface area contributed by atoms with E-state index in [9.17, 15) is 19.7 Å². The molecule has 7 heteroatoms. The summed E-state index contributed by atoms with van der Waals surface area (Å²) in [5, 5.41) is 12.3. The standard InChI is InChI=1S/C18H15N3O4/c22-17-16-10-5-6-11(9-10)19(16)18(23)20(17)14-7-8-15(21(24)25)13-4-2-1-3-12(13)14/h1-4,7-8,10-11,16H,5-6,9H2/t10?,11-,16?/m0/s1. The summed E-state index contributed by atoms with van der Waals surface area (Å²) in [5.74, 6) is 0.0481. The Morgan fingerprint density at radius 2 is 1.80 bits per heavy atom. The van der Waals surface area contributed by atoms with E-state index in [4.69, 9.17) is 0 Å². The van der Waals surface area contributed by atoms with Gasteiger partial charge in [0.2, 0.25) is 0 Å². The third-order valence-corrected chi connectivity index (χ3v) is 5.79. The van der Waals surface area contributed by atoms with Gasteiger partial charge in [-0.05, 0) is 37.3 Å². The van der Waals surface area contributed by atoms with Crippen molar-refractivity contribution in [3.05, 3.63) is 46.5 Å². The lowest BCUT2D eigenvalue weighted by molar-refractivity contribution is -0.383. The van der Waals surface area contributed by atoms with Crippen LogP contribution in [0.3, 0.4) is 0 Å².